The molecule has 0 unspecified atom stereocenters. The Bertz CT molecular complexity index is 780. The third-order valence-corrected chi connectivity index (χ3v) is 7.30. The molecule has 2 aliphatic rings. The van der Waals surface area contributed by atoms with E-state index in [0.717, 1.165) is 44.5 Å². The van der Waals surface area contributed by atoms with Gasteiger partial charge in [0.15, 0.2) is 0 Å². The number of carbonyl (C=O) groups is 1. The molecule has 7 nitrogen and oxygen atoms in total. The second-order valence-electron chi connectivity index (χ2n) is 7.39. The highest BCUT2D eigenvalue weighted by molar-refractivity contribution is 7.89. The van der Waals surface area contributed by atoms with Crippen molar-refractivity contribution in [1.82, 2.24) is 9.21 Å². The van der Waals surface area contributed by atoms with Crippen LogP contribution < -0.4 is 4.90 Å². The zero-order chi connectivity index (χ0) is 19.6. The Morgan fingerprint density at radius 2 is 1.74 bits per heavy atom. The van der Waals surface area contributed by atoms with Crippen LogP contribution in [0.1, 0.15) is 36.0 Å². The van der Waals surface area contributed by atoms with Crippen molar-refractivity contribution in [1.29, 1.82) is 0 Å². The van der Waals surface area contributed by atoms with Gasteiger partial charge in [-0.15, -0.1) is 0 Å². The maximum Gasteiger partial charge on any atom is 0.256 e. The fourth-order valence-corrected chi connectivity index (χ4v) is 4.68. The van der Waals surface area contributed by atoms with E-state index in [2.05, 4.69) is 4.90 Å². The van der Waals surface area contributed by atoms with Crippen molar-refractivity contribution in [3.8, 4) is 0 Å². The summed E-state index contributed by atoms with van der Waals surface area (Å²) >= 11 is 0. The van der Waals surface area contributed by atoms with Gasteiger partial charge in [-0.05, 0) is 43.9 Å². The molecular formula is C19H29N3O4S. The van der Waals surface area contributed by atoms with Gasteiger partial charge in [0.2, 0.25) is 10.0 Å². The molecule has 2 fully saturated rings. The molecular weight excluding hydrogens is 366 g/mol. The number of sulfonamides is 1. The van der Waals surface area contributed by atoms with Gasteiger partial charge < -0.3 is 14.5 Å². The van der Waals surface area contributed by atoms with Crippen LogP contribution in [-0.4, -0.2) is 77.0 Å². The fourth-order valence-electron chi connectivity index (χ4n) is 3.76. The highest BCUT2D eigenvalue weighted by Gasteiger charge is 2.29. The summed E-state index contributed by atoms with van der Waals surface area (Å²) in [5.41, 5.74) is 1.32. The number of nitrogens with zero attached hydrogens (tertiary/aromatic N) is 3. The largest absolute Gasteiger partial charge is 0.381 e. The molecule has 0 aromatic heterocycles. The number of rotatable bonds is 5. The molecule has 27 heavy (non-hydrogen) atoms. The standard InChI is InChI=1S/C19H29N3O4S/c1-20(2)27(24,25)16-6-7-18(21-10-4-5-11-21)17(14-16)19(23)22-12-8-15(26-3)9-13-22/h6-7,14-15H,4-5,8-13H2,1-3H3. The zero-order valence-electron chi connectivity index (χ0n) is 16.3. The topological polar surface area (TPSA) is 70.2 Å². The number of hydrogen-bond acceptors (Lipinski definition) is 5. The Balaban J connectivity index is 1.96. The smallest absolute Gasteiger partial charge is 0.256 e. The average Bonchev–Trinajstić information content (AvgIpc) is 3.21. The summed E-state index contributed by atoms with van der Waals surface area (Å²) < 4.78 is 31.7. The number of likely N-dealkylation sites (tertiary alicyclic amines) is 1. The highest BCUT2D eigenvalue weighted by atomic mass is 32.2. The van der Waals surface area contributed by atoms with E-state index in [1.807, 2.05) is 4.90 Å². The first-order valence-corrected chi connectivity index (χ1v) is 10.9. The van der Waals surface area contributed by atoms with Crippen LogP contribution in [0, 0.1) is 0 Å². The van der Waals surface area contributed by atoms with E-state index in [1.165, 1.54) is 18.4 Å². The first-order chi connectivity index (χ1) is 12.8. The van der Waals surface area contributed by atoms with Gasteiger partial charge >= 0.3 is 0 Å². The lowest BCUT2D eigenvalue weighted by atomic mass is 10.0. The summed E-state index contributed by atoms with van der Waals surface area (Å²) in [7, 11) is 1.11. The summed E-state index contributed by atoms with van der Waals surface area (Å²) in [4.78, 5) is 17.4. The minimum atomic E-state index is -3.59. The number of piperidine rings is 1. The van der Waals surface area contributed by atoms with Gasteiger partial charge in [-0.2, -0.15) is 0 Å². The van der Waals surface area contributed by atoms with E-state index in [0.29, 0.717) is 18.7 Å². The summed E-state index contributed by atoms with van der Waals surface area (Å²) in [5.74, 6) is -0.0951. The lowest BCUT2D eigenvalue weighted by Crippen LogP contribution is -2.41. The molecule has 2 saturated heterocycles. The van der Waals surface area contributed by atoms with E-state index in [9.17, 15) is 13.2 Å². The lowest BCUT2D eigenvalue weighted by Gasteiger charge is -2.32. The maximum atomic E-state index is 13.3. The van der Waals surface area contributed by atoms with Crippen LogP contribution in [0.3, 0.4) is 0 Å². The summed E-state index contributed by atoms with van der Waals surface area (Å²) in [6, 6.07) is 4.95. The third-order valence-electron chi connectivity index (χ3n) is 5.49. The van der Waals surface area contributed by atoms with Gasteiger partial charge in [0.25, 0.3) is 5.91 Å². The van der Waals surface area contributed by atoms with E-state index in [-0.39, 0.29) is 16.9 Å². The Morgan fingerprint density at radius 3 is 2.30 bits per heavy atom. The van der Waals surface area contributed by atoms with E-state index in [1.54, 1.807) is 25.3 Å². The van der Waals surface area contributed by atoms with Crippen molar-refractivity contribution in [3.05, 3.63) is 23.8 Å². The number of hydrogen-bond donors (Lipinski definition) is 0. The van der Waals surface area contributed by atoms with E-state index < -0.39 is 10.0 Å². The number of amides is 1. The van der Waals surface area contributed by atoms with Crippen LogP contribution in [0.25, 0.3) is 0 Å². The zero-order valence-corrected chi connectivity index (χ0v) is 17.2. The molecule has 1 amide bonds. The molecule has 2 heterocycles. The number of benzene rings is 1. The predicted molar refractivity (Wildman–Crippen MR) is 105 cm³/mol. The second-order valence-corrected chi connectivity index (χ2v) is 9.54. The molecule has 0 saturated carbocycles. The molecule has 1 aromatic carbocycles. The molecule has 0 spiro atoms. The van der Waals surface area contributed by atoms with Crippen molar-refractivity contribution >= 4 is 21.6 Å². The van der Waals surface area contributed by atoms with Gasteiger partial charge in [0.05, 0.1) is 16.6 Å². The first-order valence-electron chi connectivity index (χ1n) is 9.48. The second kappa shape index (κ2) is 8.16. The Hall–Kier alpha value is -1.64. The Labute approximate surface area is 161 Å². The molecule has 0 aliphatic carbocycles. The minimum absolute atomic E-state index is 0.0951. The molecule has 0 atom stereocenters. The van der Waals surface area contributed by atoms with Crippen LogP contribution in [-0.2, 0) is 14.8 Å². The average molecular weight is 396 g/mol. The number of carbonyl (C=O) groups excluding carboxylic acids is 1. The van der Waals surface area contributed by atoms with Gasteiger partial charge in [-0.1, -0.05) is 0 Å². The minimum Gasteiger partial charge on any atom is -0.381 e. The highest BCUT2D eigenvalue weighted by Crippen LogP contribution is 2.30. The summed E-state index contributed by atoms with van der Waals surface area (Å²) in [5, 5.41) is 0. The fraction of sp³-hybridized carbons (Fsp3) is 0.632. The molecule has 0 bridgehead atoms. The Kier molecular flexibility index (Phi) is 6.08. The maximum absolute atomic E-state index is 13.3. The van der Waals surface area contributed by atoms with Crippen molar-refractivity contribution in [2.24, 2.45) is 0 Å². The quantitative estimate of drug-likeness (QED) is 0.760. The van der Waals surface area contributed by atoms with Crippen molar-refractivity contribution in [3.63, 3.8) is 0 Å². The third kappa shape index (κ3) is 4.12. The van der Waals surface area contributed by atoms with Gasteiger partial charge in [0.1, 0.15) is 0 Å². The summed E-state index contributed by atoms with van der Waals surface area (Å²) in [6.07, 6.45) is 3.97. The summed E-state index contributed by atoms with van der Waals surface area (Å²) in [6.45, 7) is 3.04. The van der Waals surface area contributed by atoms with Crippen molar-refractivity contribution in [2.45, 2.75) is 36.7 Å². The first kappa shape index (κ1) is 20.1. The van der Waals surface area contributed by atoms with Crippen LogP contribution in [0.5, 0.6) is 0 Å². The number of methoxy groups -OCH3 is 1. The van der Waals surface area contributed by atoms with E-state index >= 15 is 0 Å². The van der Waals surface area contributed by atoms with Crippen LogP contribution >= 0.6 is 0 Å². The van der Waals surface area contributed by atoms with Crippen LogP contribution in [0.4, 0.5) is 5.69 Å². The van der Waals surface area contributed by atoms with Gasteiger partial charge in [-0.25, -0.2) is 12.7 Å². The van der Waals surface area contributed by atoms with Crippen molar-refractivity contribution < 1.29 is 17.9 Å². The molecule has 2 aliphatic heterocycles. The Morgan fingerprint density at radius 1 is 1.11 bits per heavy atom. The van der Waals surface area contributed by atoms with Crippen molar-refractivity contribution in [2.75, 3.05) is 52.3 Å². The molecule has 0 radical (unpaired) electrons. The molecule has 0 N–H and O–H groups in total. The molecule has 1 aromatic rings. The molecule has 3 rings (SSSR count). The monoisotopic (exact) mass is 395 g/mol. The predicted octanol–water partition coefficient (Wildman–Crippen LogP) is 1.79. The normalized spacial score (nSPS) is 19.1. The van der Waals surface area contributed by atoms with E-state index in [4.69, 9.17) is 4.74 Å². The molecule has 8 heteroatoms. The SMILES string of the molecule is COC1CCN(C(=O)c2cc(S(=O)(=O)N(C)C)ccc2N2CCCC2)CC1. The van der Waals surface area contributed by atoms with Crippen LogP contribution in [0.15, 0.2) is 23.1 Å². The van der Waals surface area contributed by atoms with Crippen LogP contribution in [0.2, 0.25) is 0 Å². The number of ether oxygens (including phenoxy) is 1. The lowest BCUT2D eigenvalue weighted by molar-refractivity contribution is 0.0351. The molecule has 150 valence electrons. The van der Waals surface area contributed by atoms with Gasteiger partial charge in [-0.3, -0.25) is 4.79 Å². The number of anilines is 1. The van der Waals surface area contributed by atoms with Gasteiger partial charge in [0, 0.05) is 53.1 Å².